The fourth-order valence-corrected chi connectivity index (χ4v) is 4.97. The summed E-state index contributed by atoms with van der Waals surface area (Å²) in [5.74, 6) is 0.834. The van der Waals surface area contributed by atoms with Gasteiger partial charge in [0.25, 0.3) is 0 Å². The molecule has 2 aliphatic rings. The molecule has 170 valence electrons. The molecule has 0 radical (unpaired) electrons. The van der Waals surface area contributed by atoms with E-state index >= 15 is 0 Å². The Morgan fingerprint density at radius 3 is 2.64 bits per heavy atom. The zero-order valence-electron chi connectivity index (χ0n) is 18.6. The molecule has 3 aromatic rings. The van der Waals surface area contributed by atoms with Gasteiger partial charge in [-0.2, -0.15) is 4.98 Å². The molecule has 33 heavy (non-hydrogen) atoms. The maximum atomic E-state index is 12.4. The van der Waals surface area contributed by atoms with Gasteiger partial charge in [-0.3, -0.25) is 4.79 Å². The third-order valence-corrected chi connectivity index (χ3v) is 6.84. The summed E-state index contributed by atoms with van der Waals surface area (Å²) in [6.07, 6.45) is 3.22. The molecule has 7 nitrogen and oxygen atoms in total. The van der Waals surface area contributed by atoms with Crippen molar-refractivity contribution in [3.8, 4) is 0 Å². The van der Waals surface area contributed by atoms with Gasteiger partial charge in [0.05, 0.1) is 5.92 Å². The molecular weight excluding hydrogens is 414 g/mol. The number of nitrogens with zero attached hydrogens (tertiary/aromatic N) is 2. The Morgan fingerprint density at radius 1 is 1.06 bits per heavy atom. The molecule has 7 heteroatoms. The van der Waals surface area contributed by atoms with Crippen LogP contribution in [0.25, 0.3) is 0 Å². The van der Waals surface area contributed by atoms with Crippen LogP contribution in [0.4, 0.5) is 17.5 Å². The molecule has 1 amide bonds. The number of aryl methyl sites for hydroxylation is 1. The Kier molecular flexibility index (Phi) is 5.96. The summed E-state index contributed by atoms with van der Waals surface area (Å²) < 4.78 is 5.64. The first-order valence-corrected chi connectivity index (χ1v) is 11.5. The molecule has 0 bridgehead atoms. The normalized spacial score (nSPS) is 19.0. The lowest BCUT2D eigenvalue weighted by atomic mass is 9.74. The van der Waals surface area contributed by atoms with E-state index in [0.717, 1.165) is 55.4 Å². The Balaban J connectivity index is 1.29. The molecule has 0 unspecified atom stereocenters. The Labute approximate surface area is 193 Å². The minimum atomic E-state index is -0.169. The summed E-state index contributed by atoms with van der Waals surface area (Å²) >= 11 is 0. The number of carbonyl (C=O) groups excluding carboxylic acids is 1. The van der Waals surface area contributed by atoms with Gasteiger partial charge in [0, 0.05) is 42.6 Å². The number of aromatic nitrogens is 2. The van der Waals surface area contributed by atoms with Gasteiger partial charge in [-0.1, -0.05) is 48.5 Å². The number of nitrogens with one attached hydrogen (secondary N) is 2. The predicted octanol–water partition coefficient (Wildman–Crippen LogP) is 3.89. The quantitative estimate of drug-likeness (QED) is 0.512. The molecular formula is C26H29N5O2. The van der Waals surface area contributed by atoms with E-state index in [1.54, 1.807) is 0 Å². The van der Waals surface area contributed by atoms with Crippen LogP contribution in [0.1, 0.15) is 42.0 Å². The first kappa shape index (κ1) is 21.4. The lowest BCUT2D eigenvalue weighted by Gasteiger charge is -2.38. The first-order valence-electron chi connectivity index (χ1n) is 11.5. The van der Waals surface area contributed by atoms with Gasteiger partial charge in [-0.05, 0) is 42.9 Å². The number of rotatable bonds is 7. The Hall–Kier alpha value is -3.45. The Morgan fingerprint density at radius 2 is 1.82 bits per heavy atom. The highest BCUT2D eigenvalue weighted by atomic mass is 16.5. The SMILES string of the molecule is Nc1nc(CC[C@@H]2C(=O)Nc3ccccc32)cc(NCC2(c3ccccc3)CCOCC2)n1. The van der Waals surface area contributed by atoms with Crippen LogP contribution in [0.15, 0.2) is 60.7 Å². The van der Waals surface area contributed by atoms with Crippen molar-refractivity contribution >= 4 is 23.4 Å². The van der Waals surface area contributed by atoms with Crippen molar-refractivity contribution in [2.75, 3.05) is 36.1 Å². The number of amides is 1. The number of fused-ring (bicyclic) bond motifs is 1. The van der Waals surface area contributed by atoms with Crippen molar-refractivity contribution < 1.29 is 9.53 Å². The van der Waals surface area contributed by atoms with Crippen molar-refractivity contribution in [2.45, 2.75) is 37.0 Å². The topological polar surface area (TPSA) is 102 Å². The van der Waals surface area contributed by atoms with Gasteiger partial charge in [0.1, 0.15) is 5.82 Å². The molecule has 3 heterocycles. The standard InChI is InChI=1S/C26H29N5O2/c27-25-29-19(10-11-21-20-8-4-5-9-22(20)30-24(21)32)16-23(31-25)28-17-26(12-14-33-15-13-26)18-6-2-1-3-7-18/h1-9,16,21H,10-15,17H2,(H,30,32)(H3,27,28,29,31)/t21-/m0/s1. The fraction of sp³-hybridized carbons (Fsp3) is 0.346. The largest absolute Gasteiger partial charge is 0.381 e. The number of nitrogen functional groups attached to an aromatic ring is 1. The van der Waals surface area contributed by atoms with Crippen molar-refractivity contribution in [3.05, 3.63) is 77.5 Å². The fourth-order valence-electron chi connectivity index (χ4n) is 4.97. The number of benzene rings is 2. The average molecular weight is 444 g/mol. The number of hydrogen-bond donors (Lipinski definition) is 3. The molecule has 2 aromatic carbocycles. The highest BCUT2D eigenvalue weighted by molar-refractivity contribution is 6.02. The van der Waals surface area contributed by atoms with Crippen molar-refractivity contribution in [1.82, 2.24) is 9.97 Å². The van der Waals surface area contributed by atoms with Crippen LogP contribution < -0.4 is 16.4 Å². The van der Waals surface area contributed by atoms with Crippen LogP contribution in [0.2, 0.25) is 0 Å². The van der Waals surface area contributed by atoms with E-state index in [1.807, 2.05) is 36.4 Å². The summed E-state index contributed by atoms with van der Waals surface area (Å²) in [6.45, 7) is 2.24. The zero-order chi connectivity index (χ0) is 22.7. The van der Waals surface area contributed by atoms with Crippen LogP contribution in [0.3, 0.4) is 0 Å². The number of hydrogen-bond acceptors (Lipinski definition) is 6. The molecule has 1 atom stereocenters. The van der Waals surface area contributed by atoms with E-state index in [-0.39, 0.29) is 23.2 Å². The summed E-state index contributed by atoms with van der Waals surface area (Å²) in [5, 5.41) is 6.49. The molecule has 1 saturated heterocycles. The molecule has 0 aliphatic carbocycles. The van der Waals surface area contributed by atoms with Crippen molar-refractivity contribution in [2.24, 2.45) is 0 Å². The van der Waals surface area contributed by atoms with Gasteiger partial charge in [0.2, 0.25) is 11.9 Å². The molecule has 5 rings (SSSR count). The van der Waals surface area contributed by atoms with Gasteiger partial charge in [0.15, 0.2) is 0 Å². The second kappa shape index (κ2) is 9.19. The smallest absolute Gasteiger partial charge is 0.232 e. The molecule has 1 aromatic heterocycles. The van der Waals surface area contributed by atoms with E-state index in [1.165, 1.54) is 5.56 Å². The van der Waals surface area contributed by atoms with Crippen LogP contribution >= 0.6 is 0 Å². The summed E-state index contributed by atoms with van der Waals surface area (Å²) in [5.41, 5.74) is 10.1. The van der Waals surface area contributed by atoms with Gasteiger partial charge < -0.3 is 21.1 Å². The van der Waals surface area contributed by atoms with E-state index in [9.17, 15) is 4.79 Å². The summed E-state index contributed by atoms with van der Waals surface area (Å²) in [6, 6.07) is 20.4. The minimum Gasteiger partial charge on any atom is -0.381 e. The summed E-state index contributed by atoms with van der Waals surface area (Å²) in [4.78, 5) is 21.3. The van der Waals surface area contributed by atoms with E-state index in [4.69, 9.17) is 10.5 Å². The highest BCUT2D eigenvalue weighted by Gasteiger charge is 2.34. The monoisotopic (exact) mass is 443 g/mol. The number of nitrogens with two attached hydrogens (primary N) is 1. The maximum absolute atomic E-state index is 12.4. The van der Waals surface area contributed by atoms with Crippen LogP contribution in [-0.2, 0) is 21.4 Å². The first-order chi connectivity index (χ1) is 16.1. The lowest BCUT2D eigenvalue weighted by Crippen LogP contribution is -2.40. The van der Waals surface area contributed by atoms with Crippen molar-refractivity contribution in [1.29, 1.82) is 0 Å². The predicted molar refractivity (Wildman–Crippen MR) is 129 cm³/mol. The molecule has 0 saturated carbocycles. The zero-order valence-corrected chi connectivity index (χ0v) is 18.6. The number of anilines is 3. The third-order valence-electron chi connectivity index (χ3n) is 6.84. The lowest BCUT2D eigenvalue weighted by molar-refractivity contribution is -0.117. The van der Waals surface area contributed by atoms with E-state index in [2.05, 4.69) is 44.9 Å². The van der Waals surface area contributed by atoms with Crippen LogP contribution in [-0.4, -0.2) is 35.6 Å². The second-order valence-corrected chi connectivity index (χ2v) is 8.88. The molecule has 1 fully saturated rings. The van der Waals surface area contributed by atoms with Crippen LogP contribution in [0, 0.1) is 0 Å². The van der Waals surface area contributed by atoms with E-state index in [0.29, 0.717) is 12.8 Å². The average Bonchev–Trinajstić information content (AvgIpc) is 3.17. The van der Waals surface area contributed by atoms with Crippen LogP contribution in [0.5, 0.6) is 0 Å². The van der Waals surface area contributed by atoms with Gasteiger partial charge in [-0.25, -0.2) is 4.98 Å². The number of ether oxygens (including phenoxy) is 1. The van der Waals surface area contributed by atoms with Gasteiger partial charge >= 0.3 is 0 Å². The minimum absolute atomic E-state index is 0.00890. The molecule has 0 spiro atoms. The second-order valence-electron chi connectivity index (χ2n) is 8.88. The number of para-hydroxylation sites is 1. The molecule has 4 N–H and O–H groups in total. The maximum Gasteiger partial charge on any atom is 0.232 e. The number of carbonyl (C=O) groups is 1. The Bertz CT molecular complexity index is 1130. The third kappa shape index (κ3) is 4.54. The van der Waals surface area contributed by atoms with E-state index < -0.39 is 0 Å². The highest BCUT2D eigenvalue weighted by Crippen LogP contribution is 2.36. The summed E-state index contributed by atoms with van der Waals surface area (Å²) in [7, 11) is 0. The van der Waals surface area contributed by atoms with Crippen molar-refractivity contribution in [3.63, 3.8) is 0 Å². The molecule has 2 aliphatic heterocycles. The van der Waals surface area contributed by atoms with Gasteiger partial charge in [-0.15, -0.1) is 0 Å².